The van der Waals surface area contributed by atoms with Crippen molar-refractivity contribution in [1.82, 2.24) is 25.3 Å². The second-order valence-electron chi connectivity index (χ2n) is 8.78. The van der Waals surface area contributed by atoms with Crippen LogP contribution in [0, 0.1) is 5.82 Å². The fourth-order valence-corrected chi connectivity index (χ4v) is 4.41. The molecule has 0 fully saturated rings. The van der Waals surface area contributed by atoms with E-state index in [0.717, 1.165) is 54.4 Å². The Labute approximate surface area is 225 Å². The van der Waals surface area contributed by atoms with Gasteiger partial charge < -0.3 is 25.6 Å². The number of ether oxygens (including phenoxy) is 1. The van der Waals surface area contributed by atoms with Gasteiger partial charge in [0, 0.05) is 50.0 Å². The average molecular weight is 535 g/mol. The van der Waals surface area contributed by atoms with Gasteiger partial charge >= 0.3 is 0 Å². The van der Waals surface area contributed by atoms with Crippen molar-refractivity contribution in [3.05, 3.63) is 88.7 Å². The highest BCUT2D eigenvalue weighted by atomic mass is 35.5. The van der Waals surface area contributed by atoms with E-state index in [0.29, 0.717) is 29.1 Å². The molecule has 3 heterocycles. The topological polar surface area (TPSA) is 100 Å². The van der Waals surface area contributed by atoms with Gasteiger partial charge in [0.15, 0.2) is 0 Å². The molecule has 4 aromatic rings. The lowest BCUT2D eigenvalue weighted by atomic mass is 10.1. The third-order valence-corrected chi connectivity index (χ3v) is 6.40. The third kappa shape index (κ3) is 6.27. The van der Waals surface area contributed by atoms with E-state index >= 15 is 0 Å². The van der Waals surface area contributed by atoms with E-state index in [-0.39, 0.29) is 12.4 Å². The Morgan fingerprint density at radius 2 is 2.00 bits per heavy atom. The summed E-state index contributed by atoms with van der Waals surface area (Å²) >= 11 is 6.50. The van der Waals surface area contributed by atoms with E-state index in [9.17, 15) is 4.39 Å². The quantitative estimate of drug-likeness (QED) is 0.252. The summed E-state index contributed by atoms with van der Waals surface area (Å²) in [6.45, 7) is 3.17. The van der Waals surface area contributed by atoms with Gasteiger partial charge in [-0.1, -0.05) is 23.7 Å². The van der Waals surface area contributed by atoms with Crippen LogP contribution in [0.1, 0.15) is 16.8 Å². The molecule has 3 N–H and O–H groups in total. The number of nitrogens with zero attached hydrogens (tertiary/aromatic N) is 5. The first-order valence-corrected chi connectivity index (χ1v) is 12.7. The normalized spacial score (nSPS) is 12.7. The summed E-state index contributed by atoms with van der Waals surface area (Å²) in [6.07, 6.45) is 4.11. The minimum absolute atomic E-state index is 0.218. The van der Waals surface area contributed by atoms with Crippen molar-refractivity contribution in [3.8, 4) is 5.75 Å². The van der Waals surface area contributed by atoms with E-state index in [1.807, 2.05) is 19.2 Å². The molecule has 0 amide bonds. The smallest absolute Gasteiger partial charge is 0.224 e. The molecule has 0 atom stereocenters. The molecule has 0 saturated carbocycles. The Morgan fingerprint density at radius 1 is 1.08 bits per heavy atom. The van der Waals surface area contributed by atoms with Crippen LogP contribution in [0.2, 0.25) is 5.02 Å². The van der Waals surface area contributed by atoms with Gasteiger partial charge in [-0.15, -0.1) is 0 Å². The molecule has 0 bridgehead atoms. The molecule has 2 aromatic heterocycles. The number of aromatic nitrogens is 4. The zero-order chi connectivity index (χ0) is 26.3. The molecule has 196 valence electrons. The maximum Gasteiger partial charge on any atom is 0.224 e. The zero-order valence-corrected chi connectivity index (χ0v) is 21.7. The van der Waals surface area contributed by atoms with E-state index < -0.39 is 0 Å². The van der Waals surface area contributed by atoms with E-state index in [2.05, 4.69) is 40.8 Å². The predicted molar refractivity (Wildman–Crippen MR) is 147 cm³/mol. The number of rotatable bonds is 10. The third-order valence-electron chi connectivity index (χ3n) is 6.10. The van der Waals surface area contributed by atoms with Gasteiger partial charge in [-0.3, -0.25) is 0 Å². The molecule has 0 radical (unpaired) electrons. The van der Waals surface area contributed by atoms with Crippen LogP contribution in [0.3, 0.4) is 0 Å². The van der Waals surface area contributed by atoms with Crippen LogP contribution in [-0.2, 0) is 19.6 Å². The Morgan fingerprint density at radius 3 is 2.84 bits per heavy atom. The monoisotopic (exact) mass is 534 g/mol. The van der Waals surface area contributed by atoms with Crippen LogP contribution in [0.15, 0.2) is 61.1 Å². The molecule has 0 aliphatic carbocycles. The summed E-state index contributed by atoms with van der Waals surface area (Å²) in [5.41, 5.74) is 3.50. The second-order valence-corrected chi connectivity index (χ2v) is 9.18. The van der Waals surface area contributed by atoms with Crippen molar-refractivity contribution in [2.75, 3.05) is 42.2 Å². The largest absolute Gasteiger partial charge is 0.487 e. The lowest BCUT2D eigenvalue weighted by Crippen LogP contribution is -2.32. The summed E-state index contributed by atoms with van der Waals surface area (Å²) in [4.78, 5) is 20.2. The Balaban J connectivity index is 1.28. The van der Waals surface area contributed by atoms with E-state index in [1.165, 1.54) is 12.1 Å². The molecule has 9 nitrogen and oxygen atoms in total. The average Bonchev–Trinajstić information content (AvgIpc) is 2.93. The summed E-state index contributed by atoms with van der Waals surface area (Å²) in [7, 11) is 1.91. The van der Waals surface area contributed by atoms with Gasteiger partial charge in [0.1, 0.15) is 36.1 Å². The summed E-state index contributed by atoms with van der Waals surface area (Å²) in [5, 5.41) is 10.1. The number of anilines is 4. The number of benzene rings is 2. The maximum atomic E-state index is 13.4. The predicted octanol–water partition coefficient (Wildman–Crippen LogP) is 4.58. The Bertz CT molecular complexity index is 1410. The molecule has 1 aliphatic heterocycles. The minimum Gasteiger partial charge on any atom is -0.487 e. The van der Waals surface area contributed by atoms with Gasteiger partial charge in [-0.2, -0.15) is 4.98 Å². The lowest BCUT2D eigenvalue weighted by molar-refractivity contribution is 0.306. The molecule has 2 aromatic carbocycles. The highest BCUT2D eigenvalue weighted by Crippen LogP contribution is 2.32. The number of nitrogens with one attached hydrogen (secondary N) is 3. The number of halogens is 2. The molecular formula is C27H28ClFN8O. The molecule has 0 unspecified atom stereocenters. The molecule has 38 heavy (non-hydrogen) atoms. The second kappa shape index (κ2) is 12.0. The van der Waals surface area contributed by atoms with Crippen molar-refractivity contribution in [1.29, 1.82) is 0 Å². The van der Waals surface area contributed by atoms with Crippen LogP contribution in [0.25, 0.3) is 0 Å². The first kappa shape index (κ1) is 25.6. The summed E-state index contributed by atoms with van der Waals surface area (Å²) < 4.78 is 19.2. The number of fused-ring (bicyclic) bond motifs is 1. The Kier molecular flexibility index (Phi) is 8.10. The highest BCUT2D eigenvalue weighted by molar-refractivity contribution is 6.32. The first-order chi connectivity index (χ1) is 18.6. The van der Waals surface area contributed by atoms with Crippen molar-refractivity contribution in [3.63, 3.8) is 0 Å². The van der Waals surface area contributed by atoms with Crippen molar-refractivity contribution >= 4 is 34.9 Å². The van der Waals surface area contributed by atoms with Gasteiger partial charge in [0.2, 0.25) is 5.95 Å². The molecular weight excluding hydrogens is 507 g/mol. The van der Waals surface area contributed by atoms with E-state index in [1.54, 1.807) is 36.8 Å². The molecule has 1 aliphatic rings. The van der Waals surface area contributed by atoms with Crippen molar-refractivity contribution < 1.29 is 9.13 Å². The molecule has 0 saturated heterocycles. The number of hydrogen-bond donors (Lipinski definition) is 3. The van der Waals surface area contributed by atoms with Crippen molar-refractivity contribution in [2.24, 2.45) is 0 Å². The van der Waals surface area contributed by atoms with Crippen molar-refractivity contribution in [2.45, 2.75) is 19.6 Å². The van der Waals surface area contributed by atoms with Gasteiger partial charge in [-0.05, 0) is 49.0 Å². The number of likely N-dealkylation sites (N-methyl/N-ethyl adjacent to an activating group) is 1. The SMILES string of the molecule is CNCCNc1nccc(N2CCc3ncnc(Nc4ccc(OCc5cccc(F)c5)c(Cl)c4)c3C2)n1. The van der Waals surface area contributed by atoms with E-state index in [4.69, 9.17) is 16.3 Å². The van der Waals surface area contributed by atoms with Gasteiger partial charge in [-0.25, -0.2) is 19.3 Å². The fraction of sp³-hybridized carbons (Fsp3) is 0.259. The molecule has 5 rings (SSSR count). The number of hydrogen-bond acceptors (Lipinski definition) is 9. The molecule has 0 spiro atoms. The van der Waals surface area contributed by atoms with Crippen LogP contribution >= 0.6 is 11.6 Å². The molecule has 11 heteroatoms. The van der Waals surface area contributed by atoms with Crippen LogP contribution in [0.4, 0.5) is 27.7 Å². The van der Waals surface area contributed by atoms with Gasteiger partial charge in [0.05, 0.1) is 10.7 Å². The summed E-state index contributed by atoms with van der Waals surface area (Å²) in [5.74, 6) is 2.37. The lowest BCUT2D eigenvalue weighted by Gasteiger charge is -2.30. The summed E-state index contributed by atoms with van der Waals surface area (Å²) in [6, 6.07) is 13.6. The van der Waals surface area contributed by atoms with Crippen LogP contribution in [-0.4, -0.2) is 46.6 Å². The Hall–Kier alpha value is -4.02. The minimum atomic E-state index is -0.301. The standard InChI is InChI=1S/C27H28ClFN8O/c1-30-10-11-32-27-31-9-7-25(36-27)37-12-8-23-21(15-37)26(34-17-33-23)35-20-5-6-24(22(28)14-20)38-16-18-3-2-4-19(29)13-18/h2-7,9,13-14,17,30H,8,10-12,15-16H2,1H3,(H,31,32,36)(H,33,34,35). The maximum absolute atomic E-state index is 13.4. The zero-order valence-electron chi connectivity index (χ0n) is 20.9. The highest BCUT2D eigenvalue weighted by Gasteiger charge is 2.23. The van der Waals surface area contributed by atoms with Gasteiger partial charge in [0.25, 0.3) is 0 Å². The van der Waals surface area contributed by atoms with Crippen LogP contribution in [0.5, 0.6) is 5.75 Å². The first-order valence-electron chi connectivity index (χ1n) is 12.3. The van der Waals surface area contributed by atoms with Crippen LogP contribution < -0.4 is 25.6 Å². The fourth-order valence-electron chi connectivity index (χ4n) is 4.17.